The first-order valence-corrected chi connectivity index (χ1v) is 6.87. The normalized spacial score (nSPS) is 19.9. The second kappa shape index (κ2) is 3.99. The zero-order chi connectivity index (χ0) is 11.9. The Bertz CT molecular complexity index is 400. The number of benzene rings is 1. The first-order valence-electron chi connectivity index (χ1n) is 5.82. The minimum atomic E-state index is 0.0154. The van der Waals surface area contributed by atoms with Gasteiger partial charge in [0.25, 0.3) is 0 Å². The van der Waals surface area contributed by atoms with Crippen LogP contribution in [0, 0.1) is 6.92 Å². The van der Waals surface area contributed by atoms with Crippen LogP contribution in [0.15, 0.2) is 12.1 Å². The molecule has 88 valence electrons. The second-order valence-electron chi connectivity index (χ2n) is 5.72. The number of aromatic hydroxyl groups is 1. The first kappa shape index (κ1) is 11.8. The summed E-state index contributed by atoms with van der Waals surface area (Å²) in [5, 5.41) is 10.9. The molecule has 2 heteroatoms. The second-order valence-corrected chi connectivity index (χ2v) is 7.05. The fraction of sp³-hybridized carbons (Fsp3) is 0.571. The molecule has 0 saturated carbocycles. The highest BCUT2D eigenvalue weighted by atomic mass is 32.2. The Morgan fingerprint density at radius 1 is 1.38 bits per heavy atom. The van der Waals surface area contributed by atoms with Crippen molar-refractivity contribution in [3.63, 3.8) is 0 Å². The SMILES string of the molecule is Cc1cc(CC2CS2)cc(C(C)(C)C)c1O. The number of phenols is 1. The van der Waals surface area contributed by atoms with E-state index in [0.29, 0.717) is 5.75 Å². The van der Waals surface area contributed by atoms with E-state index in [1.807, 2.05) is 18.7 Å². The van der Waals surface area contributed by atoms with Crippen molar-refractivity contribution in [3.8, 4) is 5.75 Å². The van der Waals surface area contributed by atoms with Gasteiger partial charge in [0.15, 0.2) is 0 Å². The third-order valence-electron chi connectivity index (χ3n) is 3.03. The van der Waals surface area contributed by atoms with E-state index in [-0.39, 0.29) is 5.41 Å². The quantitative estimate of drug-likeness (QED) is 0.791. The molecule has 2 rings (SSSR count). The highest BCUT2D eigenvalue weighted by molar-refractivity contribution is 8.06. The number of thioether (sulfide) groups is 1. The molecule has 1 atom stereocenters. The predicted molar refractivity (Wildman–Crippen MR) is 71.5 cm³/mol. The van der Waals surface area contributed by atoms with E-state index < -0.39 is 0 Å². The molecule has 0 spiro atoms. The summed E-state index contributed by atoms with van der Waals surface area (Å²) >= 11 is 2.02. The lowest BCUT2D eigenvalue weighted by molar-refractivity contribution is 0.442. The van der Waals surface area contributed by atoms with Crippen LogP contribution in [0.5, 0.6) is 5.75 Å². The lowest BCUT2D eigenvalue weighted by Crippen LogP contribution is -2.12. The molecular weight excluding hydrogens is 216 g/mol. The van der Waals surface area contributed by atoms with Crippen LogP contribution in [0.3, 0.4) is 0 Å². The Balaban J connectivity index is 2.38. The molecule has 16 heavy (non-hydrogen) atoms. The van der Waals surface area contributed by atoms with Crippen molar-refractivity contribution in [1.82, 2.24) is 0 Å². The molecule has 1 aromatic rings. The van der Waals surface area contributed by atoms with E-state index in [4.69, 9.17) is 0 Å². The predicted octanol–water partition coefficient (Wildman–Crippen LogP) is 3.66. The lowest BCUT2D eigenvalue weighted by atomic mass is 9.84. The van der Waals surface area contributed by atoms with E-state index in [9.17, 15) is 5.11 Å². The van der Waals surface area contributed by atoms with Gasteiger partial charge < -0.3 is 5.11 Å². The fourth-order valence-electron chi connectivity index (χ4n) is 1.99. The largest absolute Gasteiger partial charge is 0.507 e. The molecule has 1 aliphatic heterocycles. The Morgan fingerprint density at radius 3 is 2.50 bits per heavy atom. The maximum atomic E-state index is 10.1. The molecule has 1 fully saturated rings. The molecule has 1 nitrogen and oxygen atoms in total. The van der Waals surface area contributed by atoms with Crippen LogP contribution in [-0.2, 0) is 11.8 Å². The molecule has 0 bridgehead atoms. The summed E-state index contributed by atoms with van der Waals surface area (Å²) in [6.07, 6.45) is 1.15. The Morgan fingerprint density at radius 2 is 2.00 bits per heavy atom. The Kier molecular flexibility index (Phi) is 2.95. The zero-order valence-electron chi connectivity index (χ0n) is 10.5. The summed E-state index contributed by atoms with van der Waals surface area (Å²) in [7, 11) is 0. The van der Waals surface area contributed by atoms with Crippen molar-refractivity contribution in [2.75, 3.05) is 5.75 Å². The molecule has 1 aromatic carbocycles. The Labute approximate surface area is 102 Å². The molecule has 0 amide bonds. The van der Waals surface area contributed by atoms with Gasteiger partial charge in [-0.2, -0.15) is 11.8 Å². The van der Waals surface area contributed by atoms with E-state index in [1.54, 1.807) is 0 Å². The van der Waals surface area contributed by atoms with Crippen LogP contribution >= 0.6 is 11.8 Å². The van der Waals surface area contributed by atoms with Crippen LogP contribution in [0.4, 0.5) is 0 Å². The molecule has 1 aliphatic rings. The lowest BCUT2D eigenvalue weighted by Gasteiger charge is -2.22. The molecule has 1 N–H and O–H groups in total. The van der Waals surface area contributed by atoms with E-state index in [0.717, 1.165) is 22.8 Å². The van der Waals surface area contributed by atoms with Crippen LogP contribution in [-0.4, -0.2) is 16.1 Å². The van der Waals surface area contributed by atoms with Gasteiger partial charge >= 0.3 is 0 Å². The average Bonchev–Trinajstić information content (AvgIpc) is 2.93. The number of aryl methyl sites for hydroxylation is 1. The van der Waals surface area contributed by atoms with Gasteiger partial charge in [-0.1, -0.05) is 32.9 Å². The minimum Gasteiger partial charge on any atom is -0.507 e. The summed E-state index contributed by atoms with van der Waals surface area (Å²) in [5.41, 5.74) is 3.47. The van der Waals surface area contributed by atoms with Crippen molar-refractivity contribution < 1.29 is 5.11 Å². The van der Waals surface area contributed by atoms with Crippen LogP contribution in [0.25, 0.3) is 0 Å². The van der Waals surface area contributed by atoms with Crippen LogP contribution in [0.2, 0.25) is 0 Å². The fourth-order valence-corrected chi connectivity index (χ4v) is 2.56. The first-order chi connectivity index (χ1) is 7.38. The van der Waals surface area contributed by atoms with Gasteiger partial charge in [0.05, 0.1) is 0 Å². The van der Waals surface area contributed by atoms with Crippen molar-refractivity contribution >= 4 is 11.8 Å². The topological polar surface area (TPSA) is 20.2 Å². The standard InChI is InChI=1S/C14H20OS/c1-9-5-10(6-11-8-16-11)7-12(13(9)15)14(2,3)4/h5,7,11,15H,6,8H2,1-4H3. The molecule has 1 heterocycles. The maximum absolute atomic E-state index is 10.1. The van der Waals surface area contributed by atoms with E-state index >= 15 is 0 Å². The van der Waals surface area contributed by atoms with Gasteiger partial charge in [-0.25, -0.2) is 0 Å². The molecule has 0 aromatic heterocycles. The summed E-state index contributed by atoms with van der Waals surface area (Å²) in [6, 6.07) is 4.31. The van der Waals surface area contributed by atoms with Crippen LogP contribution < -0.4 is 0 Å². The van der Waals surface area contributed by atoms with E-state index in [1.165, 1.54) is 11.3 Å². The van der Waals surface area contributed by atoms with Crippen molar-refractivity contribution in [2.24, 2.45) is 0 Å². The summed E-state index contributed by atoms with van der Waals surface area (Å²) in [6.45, 7) is 8.44. The van der Waals surface area contributed by atoms with Gasteiger partial charge in [-0.05, 0) is 35.4 Å². The number of hydrogen-bond acceptors (Lipinski definition) is 2. The number of phenolic OH excluding ortho intramolecular Hbond substituents is 1. The number of hydrogen-bond donors (Lipinski definition) is 1. The monoisotopic (exact) mass is 236 g/mol. The summed E-state index contributed by atoms with van der Waals surface area (Å²) in [5.74, 6) is 1.77. The van der Waals surface area contributed by atoms with Crippen molar-refractivity contribution in [1.29, 1.82) is 0 Å². The van der Waals surface area contributed by atoms with Crippen molar-refractivity contribution in [2.45, 2.75) is 44.8 Å². The molecular formula is C14H20OS. The highest BCUT2D eigenvalue weighted by Crippen LogP contribution is 2.37. The molecule has 1 saturated heterocycles. The zero-order valence-corrected chi connectivity index (χ0v) is 11.3. The van der Waals surface area contributed by atoms with Crippen LogP contribution in [0.1, 0.15) is 37.5 Å². The van der Waals surface area contributed by atoms with Gasteiger partial charge in [-0.15, -0.1) is 0 Å². The maximum Gasteiger partial charge on any atom is 0.122 e. The highest BCUT2D eigenvalue weighted by Gasteiger charge is 2.25. The smallest absolute Gasteiger partial charge is 0.122 e. The van der Waals surface area contributed by atoms with Gasteiger partial charge in [-0.3, -0.25) is 0 Å². The average molecular weight is 236 g/mol. The number of rotatable bonds is 2. The summed E-state index contributed by atoms with van der Waals surface area (Å²) in [4.78, 5) is 0. The summed E-state index contributed by atoms with van der Waals surface area (Å²) < 4.78 is 0. The molecule has 0 aliphatic carbocycles. The van der Waals surface area contributed by atoms with Gasteiger partial charge in [0.2, 0.25) is 0 Å². The minimum absolute atomic E-state index is 0.0154. The van der Waals surface area contributed by atoms with E-state index in [2.05, 4.69) is 32.9 Å². The van der Waals surface area contributed by atoms with Crippen molar-refractivity contribution in [3.05, 3.63) is 28.8 Å². The van der Waals surface area contributed by atoms with Gasteiger partial charge in [0.1, 0.15) is 5.75 Å². The Hall–Kier alpha value is -0.630. The third kappa shape index (κ3) is 2.54. The molecule has 1 unspecified atom stereocenters. The molecule has 0 radical (unpaired) electrons. The third-order valence-corrected chi connectivity index (χ3v) is 4.01. The van der Waals surface area contributed by atoms with Gasteiger partial charge in [0, 0.05) is 11.0 Å².